The first-order chi connectivity index (χ1) is 7.65. The van der Waals surface area contributed by atoms with E-state index in [0.29, 0.717) is 0 Å². The Kier molecular flexibility index (Phi) is 2.95. The molecule has 0 saturated carbocycles. The van der Waals surface area contributed by atoms with Crippen molar-refractivity contribution in [1.29, 1.82) is 0 Å². The minimum Gasteiger partial charge on any atom is -0.256 e. The highest BCUT2D eigenvalue weighted by molar-refractivity contribution is 5.82. The van der Waals surface area contributed by atoms with Gasteiger partial charge in [0.1, 0.15) is 0 Å². The van der Waals surface area contributed by atoms with E-state index in [-0.39, 0.29) is 5.41 Å². The van der Waals surface area contributed by atoms with Gasteiger partial charge in [-0.15, -0.1) is 0 Å². The molecule has 0 aliphatic rings. The molecule has 0 unspecified atom stereocenters. The summed E-state index contributed by atoms with van der Waals surface area (Å²) in [7, 11) is 0. The number of para-hydroxylation sites is 1. The average Bonchev–Trinajstić information content (AvgIpc) is 2.28. The molecule has 0 amide bonds. The number of fused-ring (bicyclic) bond motifs is 1. The first-order valence-electron chi connectivity index (χ1n) is 5.99. The zero-order valence-electron chi connectivity index (χ0n) is 10.3. The quantitative estimate of drug-likeness (QED) is 0.740. The van der Waals surface area contributed by atoms with Crippen molar-refractivity contribution in [3.63, 3.8) is 0 Å². The van der Waals surface area contributed by atoms with E-state index in [0.717, 1.165) is 5.52 Å². The summed E-state index contributed by atoms with van der Waals surface area (Å²) in [5, 5.41) is 1.29. The van der Waals surface area contributed by atoms with Crippen LogP contribution in [-0.2, 0) is 5.41 Å². The summed E-state index contributed by atoms with van der Waals surface area (Å²) in [5.41, 5.74) is 2.75. The second-order valence-electron chi connectivity index (χ2n) is 5.01. The summed E-state index contributed by atoms with van der Waals surface area (Å²) in [6.07, 6.45) is 4.35. The van der Waals surface area contributed by atoms with Crippen LogP contribution in [0.1, 0.15) is 39.2 Å². The molecule has 0 atom stereocenters. The van der Waals surface area contributed by atoms with Crippen LogP contribution in [0.25, 0.3) is 10.9 Å². The molecule has 0 saturated heterocycles. The molecule has 2 aromatic rings. The topological polar surface area (TPSA) is 12.9 Å². The van der Waals surface area contributed by atoms with Crippen LogP contribution in [0, 0.1) is 0 Å². The predicted molar refractivity (Wildman–Crippen MR) is 69.7 cm³/mol. The maximum atomic E-state index is 4.42. The number of hydrogen-bond acceptors (Lipinski definition) is 1. The molecule has 1 aromatic heterocycles. The molecular weight excluding hydrogens is 194 g/mol. The van der Waals surface area contributed by atoms with E-state index in [1.165, 1.54) is 23.8 Å². The fraction of sp³-hybridized carbons (Fsp3) is 0.400. The van der Waals surface area contributed by atoms with E-state index in [2.05, 4.69) is 50.0 Å². The highest BCUT2D eigenvalue weighted by Gasteiger charge is 2.21. The number of rotatable bonds is 3. The molecule has 0 aliphatic carbocycles. The van der Waals surface area contributed by atoms with Gasteiger partial charge in [-0.25, -0.2) is 0 Å². The average molecular weight is 213 g/mol. The maximum absolute atomic E-state index is 4.42. The van der Waals surface area contributed by atoms with Crippen LogP contribution in [-0.4, -0.2) is 4.98 Å². The number of nitrogens with zero attached hydrogens (tertiary/aromatic N) is 1. The molecule has 0 spiro atoms. The van der Waals surface area contributed by atoms with Gasteiger partial charge in [0.25, 0.3) is 0 Å². The Hall–Kier alpha value is -1.37. The van der Waals surface area contributed by atoms with Crippen LogP contribution in [0.15, 0.2) is 36.5 Å². The van der Waals surface area contributed by atoms with Gasteiger partial charge in [0.15, 0.2) is 0 Å². The van der Waals surface area contributed by atoms with Crippen molar-refractivity contribution in [2.24, 2.45) is 0 Å². The molecule has 16 heavy (non-hydrogen) atoms. The second kappa shape index (κ2) is 4.25. The number of aromatic nitrogens is 1. The van der Waals surface area contributed by atoms with Gasteiger partial charge in [0.2, 0.25) is 0 Å². The Morgan fingerprint density at radius 1 is 1.12 bits per heavy atom. The van der Waals surface area contributed by atoms with Gasteiger partial charge in [-0.3, -0.25) is 4.98 Å². The van der Waals surface area contributed by atoms with E-state index >= 15 is 0 Å². The molecule has 0 radical (unpaired) electrons. The number of pyridine rings is 1. The molecule has 1 heteroatoms. The fourth-order valence-electron chi connectivity index (χ4n) is 2.45. The smallest absolute Gasteiger partial charge is 0.0704 e. The first kappa shape index (κ1) is 11.1. The Morgan fingerprint density at radius 2 is 1.88 bits per heavy atom. The molecule has 84 valence electrons. The summed E-state index contributed by atoms with van der Waals surface area (Å²) < 4.78 is 0. The highest BCUT2D eigenvalue weighted by Crippen LogP contribution is 2.32. The van der Waals surface area contributed by atoms with Crippen LogP contribution in [0.5, 0.6) is 0 Å². The Balaban J connectivity index is 2.60. The lowest BCUT2D eigenvalue weighted by atomic mass is 9.79. The third kappa shape index (κ3) is 1.95. The summed E-state index contributed by atoms with van der Waals surface area (Å²) in [4.78, 5) is 4.42. The number of benzene rings is 1. The molecular formula is C15H19N. The third-order valence-corrected chi connectivity index (χ3v) is 3.25. The van der Waals surface area contributed by atoms with Crippen LogP contribution in [0.2, 0.25) is 0 Å². The van der Waals surface area contributed by atoms with Gasteiger partial charge in [-0.05, 0) is 29.5 Å². The van der Waals surface area contributed by atoms with Gasteiger partial charge in [-0.2, -0.15) is 0 Å². The lowest BCUT2D eigenvalue weighted by molar-refractivity contribution is 0.476. The summed E-state index contributed by atoms with van der Waals surface area (Å²) in [5.74, 6) is 0. The summed E-state index contributed by atoms with van der Waals surface area (Å²) >= 11 is 0. The van der Waals surface area contributed by atoms with E-state index in [1.54, 1.807) is 0 Å². The van der Waals surface area contributed by atoms with Crippen molar-refractivity contribution in [2.45, 2.75) is 39.0 Å². The molecule has 1 aromatic carbocycles. The van der Waals surface area contributed by atoms with Gasteiger partial charge >= 0.3 is 0 Å². The predicted octanol–water partition coefficient (Wildman–Crippen LogP) is 4.31. The zero-order chi connectivity index (χ0) is 11.6. The maximum Gasteiger partial charge on any atom is 0.0704 e. The third-order valence-electron chi connectivity index (χ3n) is 3.25. The molecule has 1 heterocycles. The SMILES string of the molecule is CCCC(C)(C)c1ccnc2ccccc12. The van der Waals surface area contributed by atoms with E-state index in [4.69, 9.17) is 0 Å². The lowest BCUT2D eigenvalue weighted by Gasteiger charge is -2.26. The first-order valence-corrected chi connectivity index (χ1v) is 5.99. The Morgan fingerprint density at radius 3 is 2.62 bits per heavy atom. The normalized spacial score (nSPS) is 11.9. The zero-order valence-corrected chi connectivity index (χ0v) is 10.3. The molecule has 0 N–H and O–H groups in total. The lowest BCUT2D eigenvalue weighted by Crippen LogP contribution is -2.17. The van der Waals surface area contributed by atoms with Gasteiger partial charge in [-0.1, -0.05) is 45.4 Å². The summed E-state index contributed by atoms with van der Waals surface area (Å²) in [6, 6.07) is 10.6. The second-order valence-corrected chi connectivity index (χ2v) is 5.01. The molecule has 0 aliphatic heterocycles. The van der Waals surface area contributed by atoms with Crippen molar-refractivity contribution in [1.82, 2.24) is 4.98 Å². The molecule has 1 nitrogen and oxygen atoms in total. The van der Waals surface area contributed by atoms with Crippen molar-refractivity contribution in [3.05, 3.63) is 42.1 Å². The van der Waals surface area contributed by atoms with Crippen molar-refractivity contribution >= 4 is 10.9 Å². The minimum absolute atomic E-state index is 0.233. The van der Waals surface area contributed by atoms with E-state index in [9.17, 15) is 0 Å². The highest BCUT2D eigenvalue weighted by atomic mass is 14.6. The number of hydrogen-bond donors (Lipinski definition) is 0. The van der Waals surface area contributed by atoms with E-state index < -0.39 is 0 Å². The van der Waals surface area contributed by atoms with Crippen molar-refractivity contribution in [2.75, 3.05) is 0 Å². The minimum atomic E-state index is 0.233. The van der Waals surface area contributed by atoms with Crippen LogP contribution < -0.4 is 0 Å². The van der Waals surface area contributed by atoms with Crippen LogP contribution in [0.3, 0.4) is 0 Å². The van der Waals surface area contributed by atoms with E-state index in [1.807, 2.05) is 12.3 Å². The Labute approximate surface area is 97.5 Å². The van der Waals surface area contributed by atoms with Gasteiger partial charge in [0, 0.05) is 11.6 Å². The molecule has 0 fully saturated rings. The monoisotopic (exact) mass is 213 g/mol. The molecule has 2 rings (SSSR count). The van der Waals surface area contributed by atoms with Crippen molar-refractivity contribution in [3.8, 4) is 0 Å². The van der Waals surface area contributed by atoms with Crippen molar-refractivity contribution < 1.29 is 0 Å². The van der Waals surface area contributed by atoms with Crippen LogP contribution in [0.4, 0.5) is 0 Å². The van der Waals surface area contributed by atoms with Crippen LogP contribution >= 0.6 is 0 Å². The summed E-state index contributed by atoms with van der Waals surface area (Å²) in [6.45, 7) is 6.88. The molecule has 0 bridgehead atoms. The van der Waals surface area contributed by atoms with Gasteiger partial charge in [0.05, 0.1) is 5.52 Å². The standard InChI is InChI=1S/C15H19N/c1-4-10-15(2,3)13-9-11-16-14-8-6-5-7-12(13)14/h5-9,11H,4,10H2,1-3H3. The van der Waals surface area contributed by atoms with Gasteiger partial charge < -0.3 is 0 Å². The largest absolute Gasteiger partial charge is 0.256 e. The Bertz CT molecular complexity index is 480. The fourth-order valence-corrected chi connectivity index (χ4v) is 2.45.